The van der Waals surface area contributed by atoms with E-state index in [0.29, 0.717) is 4.91 Å². The first kappa shape index (κ1) is 22.8. The Hall–Kier alpha value is -3.38. The topological polar surface area (TPSA) is 106 Å². The summed E-state index contributed by atoms with van der Waals surface area (Å²) in [6, 6.07) is 5.43. The molecule has 33 heavy (non-hydrogen) atoms. The Kier molecular flexibility index (Phi) is 7.25. The molecule has 12 heteroatoms. The van der Waals surface area contributed by atoms with Crippen LogP contribution in [-0.4, -0.2) is 30.9 Å². The van der Waals surface area contributed by atoms with E-state index >= 15 is 0 Å². The molecule has 2 atom stereocenters. The first-order valence-electron chi connectivity index (χ1n) is 9.97. The van der Waals surface area contributed by atoms with Crippen molar-refractivity contribution in [3.05, 3.63) is 77.1 Å². The molecule has 0 amide bonds. The van der Waals surface area contributed by atoms with E-state index < -0.39 is 29.3 Å². The summed E-state index contributed by atoms with van der Waals surface area (Å²) in [4.78, 5) is 9.04. The molecule has 1 aliphatic carbocycles. The summed E-state index contributed by atoms with van der Waals surface area (Å²) in [6.45, 7) is 0.232. The number of nitrogens with one attached hydrogen (secondary N) is 2. The molecule has 4 rings (SSSR count). The molecule has 0 saturated carbocycles. The predicted molar refractivity (Wildman–Crippen MR) is 116 cm³/mol. The van der Waals surface area contributed by atoms with Crippen LogP contribution in [0.5, 0.6) is 0 Å². The Morgan fingerprint density at radius 3 is 2.48 bits per heavy atom. The zero-order valence-corrected chi connectivity index (χ0v) is 17.9. The highest BCUT2D eigenvalue weighted by atomic mass is 32.2. The number of alkyl halides is 2. The van der Waals surface area contributed by atoms with Crippen LogP contribution in [0, 0.1) is 5.82 Å². The molecule has 1 aromatic carbocycles. The average Bonchev–Trinajstić information content (AvgIpc) is 3.34. The van der Waals surface area contributed by atoms with Crippen molar-refractivity contribution in [3.63, 3.8) is 0 Å². The van der Waals surface area contributed by atoms with Crippen LogP contribution < -0.4 is 10.0 Å². The molecule has 0 spiro atoms. The highest BCUT2D eigenvalue weighted by molar-refractivity contribution is 7.87. The average molecular weight is 476 g/mol. The van der Waals surface area contributed by atoms with Gasteiger partial charge in [-0.1, -0.05) is 24.3 Å². The van der Waals surface area contributed by atoms with E-state index in [-0.39, 0.29) is 29.8 Å². The second-order valence-corrected chi connectivity index (χ2v) is 8.29. The lowest BCUT2D eigenvalue weighted by Crippen LogP contribution is -2.29. The lowest BCUT2D eigenvalue weighted by molar-refractivity contribution is 0.116. The van der Waals surface area contributed by atoms with Gasteiger partial charge in [-0.2, -0.15) is 8.78 Å². The standard InChI is InChI=1S/C21H19F3N6O2S/c22-15-8-6-13(7-9-15)17(12-27-33(31)16-4-2-1-3-5-16)28-21-25-10-14(11-26-21)19-29-30-20(32-19)18(23)24/h2,4-11,17-18,27H,1,3,12H2,(H,25,26,28). The van der Waals surface area contributed by atoms with Crippen LogP contribution >= 0.6 is 0 Å². The maximum absolute atomic E-state index is 13.4. The van der Waals surface area contributed by atoms with Crippen molar-refractivity contribution in [2.24, 2.45) is 0 Å². The van der Waals surface area contributed by atoms with Gasteiger partial charge in [-0.3, -0.25) is 0 Å². The maximum Gasteiger partial charge on any atom is 0.314 e. The number of aromatic nitrogens is 4. The second kappa shape index (κ2) is 10.5. The van der Waals surface area contributed by atoms with Crippen LogP contribution in [0.2, 0.25) is 0 Å². The summed E-state index contributed by atoms with van der Waals surface area (Å²) >= 11 is 0. The van der Waals surface area contributed by atoms with E-state index in [1.807, 2.05) is 18.2 Å². The fourth-order valence-electron chi connectivity index (χ4n) is 3.02. The van der Waals surface area contributed by atoms with Gasteiger partial charge in [0, 0.05) is 23.8 Å². The number of allylic oxidation sites excluding steroid dienone is 3. The Labute approximate surface area is 189 Å². The van der Waals surface area contributed by atoms with Crippen molar-refractivity contribution >= 4 is 16.9 Å². The summed E-state index contributed by atoms with van der Waals surface area (Å²) in [6.07, 6.45) is 7.29. The van der Waals surface area contributed by atoms with Gasteiger partial charge in [0.25, 0.3) is 11.8 Å². The molecule has 2 heterocycles. The molecule has 8 nitrogen and oxygen atoms in total. The Balaban J connectivity index is 1.48. The maximum atomic E-state index is 13.4. The molecule has 172 valence electrons. The van der Waals surface area contributed by atoms with Crippen molar-refractivity contribution in [2.75, 3.05) is 11.9 Å². The van der Waals surface area contributed by atoms with Crippen LogP contribution in [0.15, 0.2) is 64.2 Å². The highest BCUT2D eigenvalue weighted by Crippen LogP contribution is 2.23. The third-order valence-electron chi connectivity index (χ3n) is 4.70. The van der Waals surface area contributed by atoms with Crippen LogP contribution in [0.4, 0.5) is 19.1 Å². The van der Waals surface area contributed by atoms with Crippen molar-refractivity contribution in [1.82, 2.24) is 24.9 Å². The minimum absolute atomic E-state index is 0.127. The lowest BCUT2D eigenvalue weighted by Gasteiger charge is -2.20. The van der Waals surface area contributed by atoms with Gasteiger partial charge in [0.15, 0.2) is 0 Å². The second-order valence-electron chi connectivity index (χ2n) is 6.99. The van der Waals surface area contributed by atoms with Gasteiger partial charge in [-0.15, -0.1) is 10.2 Å². The van der Waals surface area contributed by atoms with Gasteiger partial charge in [-0.05, 0) is 36.6 Å². The van der Waals surface area contributed by atoms with Gasteiger partial charge >= 0.3 is 6.43 Å². The minimum atomic E-state index is -2.87. The molecular formula is C21H19F3N6O2S. The van der Waals surface area contributed by atoms with Gasteiger partial charge in [0.1, 0.15) is 16.8 Å². The number of rotatable bonds is 9. The smallest absolute Gasteiger partial charge is 0.314 e. The molecule has 2 unspecified atom stereocenters. The summed E-state index contributed by atoms with van der Waals surface area (Å²) in [5.74, 6) is -1.08. The van der Waals surface area contributed by atoms with Crippen molar-refractivity contribution < 1.29 is 21.8 Å². The first-order chi connectivity index (χ1) is 16.0. The molecular weight excluding hydrogens is 457 g/mol. The zero-order valence-electron chi connectivity index (χ0n) is 17.1. The van der Waals surface area contributed by atoms with E-state index in [2.05, 4.69) is 30.2 Å². The van der Waals surface area contributed by atoms with E-state index in [1.54, 1.807) is 12.1 Å². The van der Waals surface area contributed by atoms with E-state index in [0.717, 1.165) is 18.4 Å². The Morgan fingerprint density at radius 1 is 1.09 bits per heavy atom. The van der Waals surface area contributed by atoms with Gasteiger partial charge in [0.2, 0.25) is 5.95 Å². The Bertz CT molecular complexity index is 1170. The van der Waals surface area contributed by atoms with Crippen molar-refractivity contribution in [3.8, 4) is 11.5 Å². The SMILES string of the molecule is O=S(NCC(Nc1ncc(-c2nnc(C(F)F)o2)cn1)c1ccc(F)cc1)C1=CCCC=C1. The number of nitrogens with zero attached hydrogens (tertiary/aromatic N) is 4. The molecule has 0 saturated heterocycles. The molecule has 0 bridgehead atoms. The largest absolute Gasteiger partial charge is 0.415 e. The van der Waals surface area contributed by atoms with E-state index in [1.165, 1.54) is 24.5 Å². The third kappa shape index (κ3) is 5.90. The summed E-state index contributed by atoms with van der Waals surface area (Å²) in [5.41, 5.74) is 0.994. The first-order valence-corrected chi connectivity index (χ1v) is 11.1. The van der Waals surface area contributed by atoms with E-state index in [4.69, 9.17) is 4.42 Å². The quantitative estimate of drug-likeness (QED) is 0.476. The summed E-state index contributed by atoms with van der Waals surface area (Å²) in [5, 5.41) is 9.94. The van der Waals surface area contributed by atoms with Crippen LogP contribution in [-0.2, 0) is 11.0 Å². The summed E-state index contributed by atoms with van der Waals surface area (Å²) < 4.78 is 59.1. The predicted octanol–water partition coefficient (Wildman–Crippen LogP) is 4.24. The van der Waals surface area contributed by atoms with Crippen LogP contribution in [0.25, 0.3) is 11.5 Å². The molecule has 0 aliphatic heterocycles. The lowest BCUT2D eigenvalue weighted by atomic mass is 10.1. The number of benzene rings is 1. The van der Waals surface area contributed by atoms with Gasteiger partial charge < -0.3 is 9.73 Å². The monoisotopic (exact) mass is 476 g/mol. The molecule has 2 aromatic heterocycles. The van der Waals surface area contributed by atoms with Crippen LogP contribution in [0.3, 0.4) is 0 Å². The molecule has 1 aliphatic rings. The van der Waals surface area contributed by atoms with Gasteiger partial charge in [0.05, 0.1) is 11.6 Å². The number of anilines is 1. The zero-order chi connectivity index (χ0) is 23.2. The summed E-state index contributed by atoms with van der Waals surface area (Å²) in [7, 11) is -1.41. The Morgan fingerprint density at radius 2 is 1.85 bits per heavy atom. The molecule has 3 aromatic rings. The van der Waals surface area contributed by atoms with Crippen molar-refractivity contribution in [1.29, 1.82) is 0 Å². The number of hydrogen-bond donors (Lipinski definition) is 2. The molecule has 2 N–H and O–H groups in total. The minimum Gasteiger partial charge on any atom is -0.415 e. The van der Waals surface area contributed by atoms with Crippen LogP contribution in [0.1, 0.15) is 36.8 Å². The third-order valence-corrected chi connectivity index (χ3v) is 5.86. The van der Waals surface area contributed by atoms with Crippen molar-refractivity contribution in [2.45, 2.75) is 25.3 Å². The van der Waals surface area contributed by atoms with Gasteiger partial charge in [-0.25, -0.2) is 23.3 Å². The fraction of sp³-hybridized carbons (Fsp3) is 0.238. The fourth-order valence-corrected chi connectivity index (χ4v) is 4.00. The highest BCUT2D eigenvalue weighted by Gasteiger charge is 2.19. The van der Waals surface area contributed by atoms with E-state index in [9.17, 15) is 17.4 Å². The normalized spacial score (nSPS) is 15.3. The molecule has 0 radical (unpaired) electrons. The molecule has 0 fully saturated rings. The number of hydrogen-bond acceptors (Lipinski definition) is 7. The number of halogens is 3.